The predicted octanol–water partition coefficient (Wildman–Crippen LogP) is 5.93. The monoisotopic (exact) mass is 529 g/mol. The fraction of sp³-hybridized carbons (Fsp3) is 0.107. The van der Waals surface area contributed by atoms with Crippen LogP contribution in [0.3, 0.4) is 0 Å². The highest BCUT2D eigenvalue weighted by Gasteiger charge is 2.32. The van der Waals surface area contributed by atoms with Crippen LogP contribution in [0.5, 0.6) is 0 Å². The number of anilines is 3. The summed E-state index contributed by atoms with van der Waals surface area (Å²) >= 11 is 0. The summed E-state index contributed by atoms with van der Waals surface area (Å²) in [6, 6.07) is 13.4. The highest BCUT2D eigenvalue weighted by molar-refractivity contribution is 5.93. The Labute approximate surface area is 221 Å². The molecule has 0 aliphatic heterocycles. The molecule has 5 aromatic rings. The third-order valence-electron chi connectivity index (χ3n) is 6.00. The van der Waals surface area contributed by atoms with Crippen molar-refractivity contribution in [2.24, 2.45) is 5.73 Å². The number of imidazole rings is 1. The van der Waals surface area contributed by atoms with Crippen molar-refractivity contribution in [1.29, 1.82) is 0 Å². The van der Waals surface area contributed by atoms with Gasteiger partial charge in [-0.1, -0.05) is 0 Å². The molecule has 5 rings (SSSR count). The number of nitrogens with zero attached hydrogens (tertiary/aromatic N) is 6. The Morgan fingerprint density at radius 1 is 0.974 bits per heavy atom. The molecule has 0 atom stereocenters. The lowest BCUT2D eigenvalue weighted by Crippen LogP contribution is -2.17. The van der Waals surface area contributed by atoms with Gasteiger partial charge in [0.15, 0.2) is 0 Å². The zero-order valence-corrected chi connectivity index (χ0v) is 20.9. The van der Waals surface area contributed by atoms with Crippen LogP contribution >= 0.6 is 0 Å². The normalized spacial score (nSPS) is 11.4. The lowest BCUT2D eigenvalue weighted by molar-refractivity contribution is -0.137. The summed E-state index contributed by atoms with van der Waals surface area (Å²) in [7, 11) is 0. The van der Waals surface area contributed by atoms with Crippen molar-refractivity contribution in [1.82, 2.24) is 24.5 Å². The van der Waals surface area contributed by atoms with Gasteiger partial charge < -0.3 is 10.3 Å². The smallest absolute Gasteiger partial charge is 0.366 e. The molecule has 11 heteroatoms. The highest BCUT2D eigenvalue weighted by atomic mass is 19.4. The van der Waals surface area contributed by atoms with Crippen LogP contribution in [-0.4, -0.2) is 30.4 Å². The van der Waals surface area contributed by atoms with Crippen LogP contribution < -0.4 is 10.6 Å². The molecule has 0 aliphatic carbocycles. The Hall–Kier alpha value is -5.06. The van der Waals surface area contributed by atoms with Gasteiger partial charge in [-0.2, -0.15) is 13.2 Å². The maximum atomic E-state index is 14.1. The highest BCUT2D eigenvalue weighted by Crippen LogP contribution is 2.39. The number of pyridine rings is 1. The Morgan fingerprint density at radius 3 is 2.36 bits per heavy atom. The van der Waals surface area contributed by atoms with E-state index in [0.717, 1.165) is 23.3 Å². The van der Waals surface area contributed by atoms with Gasteiger partial charge in [-0.3, -0.25) is 14.7 Å². The molecule has 0 saturated carbocycles. The zero-order chi connectivity index (χ0) is 27.7. The number of primary amides is 1. The Kier molecular flexibility index (Phi) is 6.57. The van der Waals surface area contributed by atoms with E-state index in [-0.39, 0.29) is 22.9 Å². The largest absolute Gasteiger partial charge is 0.416 e. The van der Waals surface area contributed by atoms with E-state index in [0.29, 0.717) is 17.1 Å². The average molecular weight is 530 g/mol. The number of alkyl halides is 3. The number of carbonyl (C=O) groups is 1. The van der Waals surface area contributed by atoms with Crippen LogP contribution in [-0.2, 0) is 6.18 Å². The van der Waals surface area contributed by atoms with Gasteiger partial charge in [0.2, 0.25) is 11.9 Å². The van der Waals surface area contributed by atoms with E-state index in [4.69, 9.17) is 10.7 Å². The molecular weight excluding hydrogens is 507 g/mol. The Balaban J connectivity index is 1.75. The molecule has 3 aromatic heterocycles. The van der Waals surface area contributed by atoms with Crippen LogP contribution in [0.15, 0.2) is 85.7 Å². The first-order chi connectivity index (χ1) is 18.6. The Bertz CT molecular complexity index is 1650. The van der Waals surface area contributed by atoms with Crippen LogP contribution in [0, 0.1) is 13.8 Å². The molecular formula is C28H22F3N7O. The van der Waals surface area contributed by atoms with Crippen molar-refractivity contribution in [3.05, 3.63) is 108 Å². The zero-order valence-electron chi connectivity index (χ0n) is 20.9. The van der Waals surface area contributed by atoms with Crippen molar-refractivity contribution in [2.75, 3.05) is 4.90 Å². The SMILES string of the molecule is Cc1cn(-c2cc(N(c3ccc(C(N)=O)cc3)c3ncc(C)c(-c4cccnc4)n3)cc(C(F)(F)F)c2)cn1. The molecule has 0 radical (unpaired) electrons. The molecule has 0 saturated heterocycles. The minimum absolute atomic E-state index is 0.123. The van der Waals surface area contributed by atoms with Gasteiger partial charge in [0.25, 0.3) is 0 Å². The number of nitrogens with two attached hydrogens (primary N) is 1. The van der Waals surface area contributed by atoms with Gasteiger partial charge in [0, 0.05) is 47.3 Å². The molecule has 2 aromatic carbocycles. The second-order valence-corrected chi connectivity index (χ2v) is 8.85. The lowest BCUT2D eigenvalue weighted by atomic mass is 10.1. The molecule has 0 fully saturated rings. The van der Waals surface area contributed by atoms with Crippen molar-refractivity contribution in [3.63, 3.8) is 0 Å². The quantitative estimate of drug-likeness (QED) is 0.293. The van der Waals surface area contributed by atoms with E-state index in [1.807, 2.05) is 13.0 Å². The first-order valence-corrected chi connectivity index (χ1v) is 11.8. The van der Waals surface area contributed by atoms with E-state index >= 15 is 0 Å². The fourth-order valence-electron chi connectivity index (χ4n) is 4.09. The molecule has 0 unspecified atom stereocenters. The van der Waals surface area contributed by atoms with E-state index in [2.05, 4.69) is 15.0 Å². The average Bonchev–Trinajstić information content (AvgIpc) is 3.36. The molecule has 0 bridgehead atoms. The van der Waals surface area contributed by atoms with E-state index in [1.165, 1.54) is 27.9 Å². The second kappa shape index (κ2) is 10.0. The predicted molar refractivity (Wildman–Crippen MR) is 140 cm³/mol. The number of halogens is 3. The van der Waals surface area contributed by atoms with Crippen LogP contribution in [0.25, 0.3) is 16.9 Å². The molecule has 1 amide bonds. The lowest BCUT2D eigenvalue weighted by Gasteiger charge is -2.25. The van der Waals surface area contributed by atoms with Crippen molar-refractivity contribution >= 4 is 23.2 Å². The summed E-state index contributed by atoms with van der Waals surface area (Å²) in [5.74, 6) is -0.506. The van der Waals surface area contributed by atoms with Gasteiger partial charge in [0.05, 0.1) is 29.0 Å². The van der Waals surface area contributed by atoms with Gasteiger partial charge >= 0.3 is 6.18 Å². The summed E-state index contributed by atoms with van der Waals surface area (Å²) in [6.07, 6.45) is 3.34. The van der Waals surface area contributed by atoms with Crippen LogP contribution in [0.4, 0.5) is 30.5 Å². The summed E-state index contributed by atoms with van der Waals surface area (Å²) in [6.45, 7) is 3.58. The summed E-state index contributed by atoms with van der Waals surface area (Å²) in [5.41, 5.74) is 8.32. The first kappa shape index (κ1) is 25.6. The van der Waals surface area contributed by atoms with E-state index in [1.54, 1.807) is 56.0 Å². The number of aromatic nitrogens is 5. The van der Waals surface area contributed by atoms with Crippen molar-refractivity contribution in [2.45, 2.75) is 20.0 Å². The third kappa shape index (κ3) is 5.33. The standard InChI is InChI=1S/C28H22F3N7O/c1-17-13-34-27(36-25(17)20-4-3-9-33-14-20)38(22-7-5-19(6-8-22)26(32)39)24-11-21(28(29,30)31)10-23(12-24)37-15-18(2)35-16-37/h3-16H,1-2H3,(H2,32,39). The third-order valence-corrected chi connectivity index (χ3v) is 6.00. The first-order valence-electron chi connectivity index (χ1n) is 11.8. The van der Waals surface area contributed by atoms with Crippen LogP contribution in [0.1, 0.15) is 27.2 Å². The molecule has 0 spiro atoms. The van der Waals surface area contributed by atoms with Crippen molar-refractivity contribution in [3.8, 4) is 16.9 Å². The molecule has 8 nitrogen and oxygen atoms in total. The number of benzene rings is 2. The minimum Gasteiger partial charge on any atom is -0.366 e. The molecule has 196 valence electrons. The number of hydrogen-bond acceptors (Lipinski definition) is 6. The number of hydrogen-bond donors (Lipinski definition) is 1. The van der Waals surface area contributed by atoms with Gasteiger partial charge in [-0.15, -0.1) is 0 Å². The number of aryl methyl sites for hydroxylation is 2. The van der Waals surface area contributed by atoms with E-state index < -0.39 is 17.6 Å². The number of amides is 1. The van der Waals surface area contributed by atoms with E-state index in [9.17, 15) is 18.0 Å². The molecule has 2 N–H and O–H groups in total. The summed E-state index contributed by atoms with van der Waals surface area (Å²) in [5, 5.41) is 0. The van der Waals surface area contributed by atoms with Crippen LogP contribution in [0.2, 0.25) is 0 Å². The Morgan fingerprint density at radius 2 is 1.74 bits per heavy atom. The van der Waals surface area contributed by atoms with Gasteiger partial charge in [-0.05, 0) is 74.0 Å². The van der Waals surface area contributed by atoms with Gasteiger partial charge in [0.1, 0.15) is 0 Å². The molecule has 39 heavy (non-hydrogen) atoms. The molecule has 0 aliphatic rings. The summed E-state index contributed by atoms with van der Waals surface area (Å²) < 4.78 is 43.8. The molecule has 3 heterocycles. The topological polar surface area (TPSA) is 103 Å². The van der Waals surface area contributed by atoms with Crippen molar-refractivity contribution < 1.29 is 18.0 Å². The number of carbonyl (C=O) groups excluding carboxylic acids is 1. The summed E-state index contributed by atoms with van der Waals surface area (Å²) in [4.78, 5) is 30.7. The second-order valence-electron chi connectivity index (χ2n) is 8.85. The fourth-order valence-corrected chi connectivity index (χ4v) is 4.09. The van der Waals surface area contributed by atoms with Gasteiger partial charge in [-0.25, -0.2) is 15.0 Å². The maximum Gasteiger partial charge on any atom is 0.416 e. The maximum absolute atomic E-state index is 14.1. The minimum atomic E-state index is -4.63. The number of rotatable bonds is 6.